The molecule has 0 bridgehead atoms. The summed E-state index contributed by atoms with van der Waals surface area (Å²) >= 11 is 0. The fourth-order valence-corrected chi connectivity index (χ4v) is 1.92. The van der Waals surface area contributed by atoms with Crippen LogP contribution in [0.3, 0.4) is 0 Å². The topological polar surface area (TPSA) is 124 Å². The van der Waals surface area contributed by atoms with Crippen LogP contribution in [0.5, 0.6) is 0 Å². The first-order chi connectivity index (χ1) is 12.1. The lowest BCUT2D eigenvalue weighted by Gasteiger charge is -2.23. The van der Waals surface area contributed by atoms with Crippen LogP contribution >= 0.6 is 0 Å². The van der Waals surface area contributed by atoms with Crippen molar-refractivity contribution in [3.05, 3.63) is 0 Å². The van der Waals surface area contributed by atoms with E-state index in [2.05, 4.69) is 5.32 Å². The maximum Gasteiger partial charge on any atom is 0.253 e. The lowest BCUT2D eigenvalue weighted by molar-refractivity contribution is -0.199. The molecule has 0 aromatic heterocycles. The Hall–Kier alpha value is -1.59. The maximum atomic E-state index is 11.6. The minimum absolute atomic E-state index is 0.00941. The van der Waals surface area contributed by atoms with Crippen molar-refractivity contribution in [2.24, 2.45) is 0 Å². The third kappa shape index (κ3) is 10.1. The highest BCUT2D eigenvalue weighted by atomic mass is 16.7. The van der Waals surface area contributed by atoms with Crippen molar-refractivity contribution < 1.29 is 38.5 Å². The largest absolute Gasteiger partial charge is 0.394 e. The van der Waals surface area contributed by atoms with E-state index in [1.165, 1.54) is 0 Å². The van der Waals surface area contributed by atoms with Gasteiger partial charge in [-0.05, 0) is 6.42 Å². The molecule has 0 spiro atoms. The summed E-state index contributed by atoms with van der Waals surface area (Å²) in [7, 11) is 0. The molecule has 0 aromatic rings. The van der Waals surface area contributed by atoms with E-state index in [4.69, 9.17) is 24.2 Å². The number of hydroxylamine groups is 2. The number of nitrogens with zero attached hydrogens (tertiary/aromatic N) is 1. The van der Waals surface area contributed by atoms with Crippen LogP contribution in [-0.2, 0) is 33.4 Å². The second-order valence-corrected chi connectivity index (χ2v) is 5.12. The predicted octanol–water partition coefficient (Wildman–Crippen LogP) is -1.38. The Bertz CT molecular complexity index is 402. The summed E-state index contributed by atoms with van der Waals surface area (Å²) in [6, 6.07) is 0. The molecule has 0 aliphatic carbocycles. The Balaban J connectivity index is 1.92. The molecule has 0 aromatic carbocycles. The van der Waals surface area contributed by atoms with Gasteiger partial charge in [0.25, 0.3) is 11.8 Å². The van der Waals surface area contributed by atoms with Crippen LogP contribution in [0, 0.1) is 0 Å². The second kappa shape index (κ2) is 13.7. The van der Waals surface area contributed by atoms with Crippen molar-refractivity contribution in [2.75, 3.05) is 59.4 Å². The lowest BCUT2D eigenvalue weighted by Crippen LogP contribution is -2.42. The summed E-state index contributed by atoms with van der Waals surface area (Å²) in [4.78, 5) is 39.5. The molecular weight excluding hydrogens is 336 g/mol. The van der Waals surface area contributed by atoms with Crippen LogP contribution in [0.25, 0.3) is 0 Å². The molecule has 2 N–H and O–H groups in total. The van der Waals surface area contributed by atoms with E-state index < -0.39 is 24.3 Å². The number of nitrogens with one attached hydrogen (secondary N) is 1. The fraction of sp³-hybridized carbons (Fsp3) is 0.800. The van der Waals surface area contributed by atoms with Crippen LogP contribution in [0.2, 0.25) is 0 Å². The van der Waals surface area contributed by atoms with Crippen LogP contribution in [0.1, 0.15) is 19.3 Å². The Morgan fingerprint density at radius 2 is 1.52 bits per heavy atom. The molecule has 3 amide bonds. The minimum Gasteiger partial charge on any atom is -0.394 e. The van der Waals surface area contributed by atoms with Crippen molar-refractivity contribution in [3.8, 4) is 0 Å². The molecule has 0 atom stereocenters. The number of carbonyl (C=O) groups is 3. The zero-order valence-electron chi connectivity index (χ0n) is 14.2. The summed E-state index contributed by atoms with van der Waals surface area (Å²) < 4.78 is 15.5. The van der Waals surface area contributed by atoms with Crippen LogP contribution in [0.15, 0.2) is 0 Å². The molecule has 144 valence electrons. The Labute approximate surface area is 146 Å². The summed E-state index contributed by atoms with van der Waals surface area (Å²) in [5.41, 5.74) is 0. The molecule has 0 radical (unpaired) electrons. The standard InChI is InChI=1S/C15H26N2O8/c18-5-7-23-9-11-24-10-8-22-6-4-16-13(19)12-25-17-14(20)2-1-3-15(17)21/h18H,1-12H2,(H,16,19). The molecule has 1 fully saturated rings. The third-order valence-electron chi connectivity index (χ3n) is 3.11. The molecule has 0 saturated carbocycles. The first-order valence-corrected chi connectivity index (χ1v) is 8.24. The number of imide groups is 1. The van der Waals surface area contributed by atoms with Gasteiger partial charge in [-0.25, -0.2) is 0 Å². The van der Waals surface area contributed by atoms with Gasteiger partial charge in [-0.2, -0.15) is 5.06 Å². The van der Waals surface area contributed by atoms with E-state index in [0.29, 0.717) is 51.1 Å². The number of ether oxygens (including phenoxy) is 3. The zero-order chi connectivity index (χ0) is 18.3. The van der Waals surface area contributed by atoms with Gasteiger partial charge in [-0.3, -0.25) is 19.2 Å². The van der Waals surface area contributed by atoms with Crippen LogP contribution in [-0.4, -0.2) is 87.3 Å². The highest BCUT2D eigenvalue weighted by Gasteiger charge is 2.27. The minimum atomic E-state index is -0.438. The van der Waals surface area contributed by atoms with E-state index in [0.717, 1.165) is 0 Å². The monoisotopic (exact) mass is 362 g/mol. The van der Waals surface area contributed by atoms with E-state index in [1.54, 1.807) is 0 Å². The average Bonchev–Trinajstić information content (AvgIpc) is 2.59. The van der Waals surface area contributed by atoms with Crippen molar-refractivity contribution in [3.63, 3.8) is 0 Å². The van der Waals surface area contributed by atoms with E-state index in [-0.39, 0.29) is 26.0 Å². The summed E-state index contributed by atoms with van der Waals surface area (Å²) in [6.45, 7) is 2.09. The summed E-state index contributed by atoms with van der Waals surface area (Å²) in [5.74, 6) is -1.28. The van der Waals surface area contributed by atoms with Gasteiger partial charge in [0.15, 0.2) is 6.61 Å². The van der Waals surface area contributed by atoms with Gasteiger partial charge in [0, 0.05) is 19.4 Å². The third-order valence-corrected chi connectivity index (χ3v) is 3.11. The highest BCUT2D eigenvalue weighted by Crippen LogP contribution is 2.12. The van der Waals surface area contributed by atoms with Gasteiger partial charge < -0.3 is 24.6 Å². The Morgan fingerprint density at radius 3 is 2.12 bits per heavy atom. The molecule has 0 unspecified atom stereocenters. The van der Waals surface area contributed by atoms with Gasteiger partial charge in [-0.15, -0.1) is 0 Å². The van der Waals surface area contributed by atoms with Gasteiger partial charge in [-0.1, -0.05) is 0 Å². The Kier molecular flexibility index (Phi) is 11.7. The number of carbonyl (C=O) groups excluding carboxylic acids is 3. The zero-order valence-corrected chi connectivity index (χ0v) is 14.2. The molecule has 1 rings (SSSR count). The molecule has 10 heteroatoms. The van der Waals surface area contributed by atoms with Crippen LogP contribution < -0.4 is 5.32 Å². The number of amides is 3. The number of aliphatic hydroxyl groups excluding tert-OH is 1. The SMILES string of the molecule is O=C(CON1C(=O)CCCC1=O)NCCOCCOCCOCCO. The quantitative estimate of drug-likeness (QED) is 0.286. The van der Waals surface area contributed by atoms with Gasteiger partial charge in [0.1, 0.15) is 0 Å². The molecular formula is C15H26N2O8. The first kappa shape index (κ1) is 21.5. The fourth-order valence-electron chi connectivity index (χ4n) is 1.92. The highest BCUT2D eigenvalue weighted by molar-refractivity contribution is 5.96. The number of hydrogen-bond acceptors (Lipinski definition) is 8. The lowest BCUT2D eigenvalue weighted by atomic mass is 10.1. The van der Waals surface area contributed by atoms with Gasteiger partial charge >= 0.3 is 0 Å². The molecule has 1 aliphatic rings. The van der Waals surface area contributed by atoms with Gasteiger partial charge in [0.2, 0.25) is 5.91 Å². The molecule has 25 heavy (non-hydrogen) atoms. The van der Waals surface area contributed by atoms with E-state index in [9.17, 15) is 14.4 Å². The normalized spacial score (nSPS) is 14.8. The maximum absolute atomic E-state index is 11.6. The second-order valence-electron chi connectivity index (χ2n) is 5.12. The van der Waals surface area contributed by atoms with Crippen molar-refractivity contribution in [2.45, 2.75) is 19.3 Å². The smallest absolute Gasteiger partial charge is 0.253 e. The molecule has 1 aliphatic heterocycles. The predicted molar refractivity (Wildman–Crippen MR) is 84.2 cm³/mol. The number of rotatable bonds is 14. The first-order valence-electron chi connectivity index (χ1n) is 8.24. The van der Waals surface area contributed by atoms with Crippen LogP contribution in [0.4, 0.5) is 0 Å². The molecule has 1 heterocycles. The summed E-state index contributed by atoms with van der Waals surface area (Å²) in [6.07, 6.45) is 1.01. The summed E-state index contributed by atoms with van der Waals surface area (Å²) in [5, 5.41) is 11.7. The van der Waals surface area contributed by atoms with Crippen molar-refractivity contribution in [1.29, 1.82) is 0 Å². The van der Waals surface area contributed by atoms with Crippen molar-refractivity contribution >= 4 is 17.7 Å². The number of hydrogen-bond donors (Lipinski definition) is 2. The molecule has 10 nitrogen and oxygen atoms in total. The Morgan fingerprint density at radius 1 is 0.960 bits per heavy atom. The van der Waals surface area contributed by atoms with E-state index in [1.807, 2.05) is 0 Å². The molecule has 1 saturated heterocycles. The number of piperidine rings is 1. The van der Waals surface area contributed by atoms with E-state index >= 15 is 0 Å². The average molecular weight is 362 g/mol. The van der Waals surface area contributed by atoms with Crippen molar-refractivity contribution in [1.82, 2.24) is 10.4 Å². The number of aliphatic hydroxyl groups is 1. The van der Waals surface area contributed by atoms with Gasteiger partial charge in [0.05, 0.1) is 46.2 Å².